The summed E-state index contributed by atoms with van der Waals surface area (Å²) in [5.74, 6) is 1.37. The van der Waals surface area contributed by atoms with Gasteiger partial charge in [0, 0.05) is 18.0 Å². The van der Waals surface area contributed by atoms with Crippen molar-refractivity contribution in [1.82, 2.24) is 4.90 Å². The van der Waals surface area contributed by atoms with E-state index < -0.39 is 0 Å². The molecule has 2 unspecified atom stereocenters. The van der Waals surface area contributed by atoms with Crippen molar-refractivity contribution in [3.8, 4) is 0 Å². The minimum Gasteiger partial charge on any atom is -0.337 e. The van der Waals surface area contributed by atoms with Crippen molar-refractivity contribution in [3.05, 3.63) is 0 Å². The topological polar surface area (TPSA) is 46.3 Å². The zero-order valence-corrected chi connectivity index (χ0v) is 12.0. The molecule has 2 atom stereocenters. The Bertz CT molecular complexity index is 299. The van der Waals surface area contributed by atoms with Crippen LogP contribution < -0.4 is 5.73 Å². The van der Waals surface area contributed by atoms with Gasteiger partial charge in [-0.25, -0.2) is 0 Å². The molecule has 2 N–H and O–H groups in total. The summed E-state index contributed by atoms with van der Waals surface area (Å²) in [4.78, 5) is 14.8. The third kappa shape index (κ3) is 2.87. The first-order chi connectivity index (χ1) is 8.54. The fourth-order valence-electron chi connectivity index (χ4n) is 3.75. The van der Waals surface area contributed by atoms with Crippen LogP contribution in [0.5, 0.6) is 0 Å². The average molecular weight is 252 g/mol. The molecule has 0 aromatic carbocycles. The summed E-state index contributed by atoms with van der Waals surface area (Å²) in [7, 11) is 0. The molecule has 0 spiro atoms. The lowest BCUT2D eigenvalue weighted by Gasteiger charge is -2.37. The van der Waals surface area contributed by atoms with E-state index in [0.717, 1.165) is 45.2 Å². The fraction of sp³-hybridized carbons (Fsp3) is 0.933. The number of nitrogens with zero attached hydrogens (tertiary/aromatic N) is 1. The quantitative estimate of drug-likeness (QED) is 0.839. The monoisotopic (exact) mass is 252 g/mol. The summed E-state index contributed by atoms with van der Waals surface area (Å²) in [5, 5.41) is 0. The second-order valence-electron chi connectivity index (χ2n) is 6.71. The van der Waals surface area contributed by atoms with Crippen LogP contribution >= 0.6 is 0 Å². The van der Waals surface area contributed by atoms with Crippen LogP contribution in [0.25, 0.3) is 0 Å². The SMILES string of the molecule is CC1(C)CCCN1C(=O)C1CCCC(CCN)C1. The maximum Gasteiger partial charge on any atom is 0.226 e. The summed E-state index contributed by atoms with van der Waals surface area (Å²) < 4.78 is 0. The number of hydrogen-bond donors (Lipinski definition) is 1. The molecule has 18 heavy (non-hydrogen) atoms. The molecule has 2 rings (SSSR count). The van der Waals surface area contributed by atoms with Crippen LogP contribution in [0.2, 0.25) is 0 Å². The Hall–Kier alpha value is -0.570. The van der Waals surface area contributed by atoms with Gasteiger partial charge in [-0.3, -0.25) is 4.79 Å². The first kappa shape index (κ1) is 13.9. The fourth-order valence-corrected chi connectivity index (χ4v) is 3.75. The van der Waals surface area contributed by atoms with Crippen LogP contribution in [-0.2, 0) is 4.79 Å². The van der Waals surface area contributed by atoms with Crippen molar-refractivity contribution in [2.24, 2.45) is 17.6 Å². The predicted octanol–water partition coefficient (Wildman–Crippen LogP) is 2.54. The molecule has 1 aliphatic carbocycles. The number of nitrogens with two attached hydrogens (primary N) is 1. The lowest BCUT2D eigenvalue weighted by molar-refractivity contribution is -0.140. The van der Waals surface area contributed by atoms with Gasteiger partial charge in [-0.05, 0) is 58.4 Å². The Morgan fingerprint density at radius 2 is 2.11 bits per heavy atom. The van der Waals surface area contributed by atoms with Gasteiger partial charge >= 0.3 is 0 Å². The highest BCUT2D eigenvalue weighted by Gasteiger charge is 2.39. The number of hydrogen-bond acceptors (Lipinski definition) is 2. The van der Waals surface area contributed by atoms with E-state index >= 15 is 0 Å². The third-order valence-electron chi connectivity index (χ3n) is 4.87. The van der Waals surface area contributed by atoms with Crippen molar-refractivity contribution in [1.29, 1.82) is 0 Å². The Labute approximate surface area is 111 Å². The predicted molar refractivity (Wildman–Crippen MR) is 74.1 cm³/mol. The lowest BCUT2D eigenvalue weighted by atomic mass is 9.79. The Morgan fingerprint density at radius 1 is 1.33 bits per heavy atom. The highest BCUT2D eigenvalue weighted by atomic mass is 16.2. The molecule has 1 saturated heterocycles. The van der Waals surface area contributed by atoms with Crippen LogP contribution in [0.1, 0.15) is 58.8 Å². The number of likely N-dealkylation sites (tertiary alicyclic amines) is 1. The zero-order valence-electron chi connectivity index (χ0n) is 12.0. The van der Waals surface area contributed by atoms with Crippen LogP contribution in [-0.4, -0.2) is 29.4 Å². The number of carbonyl (C=O) groups excluding carboxylic acids is 1. The summed E-state index contributed by atoms with van der Waals surface area (Å²) in [6.07, 6.45) is 8.04. The van der Waals surface area contributed by atoms with E-state index in [1.165, 1.54) is 12.8 Å². The smallest absolute Gasteiger partial charge is 0.226 e. The molecule has 1 saturated carbocycles. The van der Waals surface area contributed by atoms with Crippen LogP contribution in [0.4, 0.5) is 0 Å². The highest BCUT2D eigenvalue weighted by molar-refractivity contribution is 5.80. The Balaban J connectivity index is 1.96. The zero-order chi connectivity index (χ0) is 13.2. The lowest BCUT2D eigenvalue weighted by Crippen LogP contribution is -2.46. The summed E-state index contributed by atoms with van der Waals surface area (Å²) in [6.45, 7) is 6.14. The molecule has 1 aliphatic heterocycles. The van der Waals surface area contributed by atoms with Gasteiger partial charge in [0.15, 0.2) is 0 Å². The highest BCUT2D eigenvalue weighted by Crippen LogP contribution is 2.36. The van der Waals surface area contributed by atoms with Gasteiger partial charge in [0.25, 0.3) is 0 Å². The van der Waals surface area contributed by atoms with Gasteiger partial charge in [-0.2, -0.15) is 0 Å². The molecule has 104 valence electrons. The number of rotatable bonds is 3. The molecule has 2 aliphatic rings. The second kappa shape index (κ2) is 5.60. The molecule has 0 aromatic rings. The van der Waals surface area contributed by atoms with Crippen LogP contribution in [0, 0.1) is 11.8 Å². The number of carbonyl (C=O) groups is 1. The summed E-state index contributed by atoms with van der Waals surface area (Å²) in [6, 6.07) is 0. The first-order valence-corrected chi connectivity index (χ1v) is 7.56. The van der Waals surface area contributed by atoms with Crippen LogP contribution in [0.15, 0.2) is 0 Å². The first-order valence-electron chi connectivity index (χ1n) is 7.56. The van der Waals surface area contributed by atoms with Crippen molar-refractivity contribution in [2.45, 2.75) is 64.3 Å². The van der Waals surface area contributed by atoms with Crippen molar-refractivity contribution >= 4 is 5.91 Å². The van der Waals surface area contributed by atoms with Gasteiger partial charge < -0.3 is 10.6 Å². The van der Waals surface area contributed by atoms with Gasteiger partial charge in [-0.1, -0.05) is 12.8 Å². The van der Waals surface area contributed by atoms with Crippen molar-refractivity contribution < 1.29 is 4.79 Å². The molecule has 0 radical (unpaired) electrons. The Kier molecular flexibility index (Phi) is 4.31. The average Bonchev–Trinajstić information content (AvgIpc) is 2.69. The van der Waals surface area contributed by atoms with Gasteiger partial charge in [0.1, 0.15) is 0 Å². The van der Waals surface area contributed by atoms with E-state index in [2.05, 4.69) is 18.7 Å². The Morgan fingerprint density at radius 3 is 2.72 bits per heavy atom. The van der Waals surface area contributed by atoms with Crippen molar-refractivity contribution in [3.63, 3.8) is 0 Å². The minimum atomic E-state index is 0.0812. The van der Waals surface area contributed by atoms with E-state index in [4.69, 9.17) is 5.73 Å². The third-order valence-corrected chi connectivity index (χ3v) is 4.87. The second-order valence-corrected chi connectivity index (χ2v) is 6.71. The molecular formula is C15H28N2O. The van der Waals surface area contributed by atoms with E-state index in [0.29, 0.717) is 11.8 Å². The maximum absolute atomic E-state index is 12.7. The molecule has 0 aromatic heterocycles. The number of amides is 1. The maximum atomic E-state index is 12.7. The van der Waals surface area contributed by atoms with E-state index in [-0.39, 0.29) is 11.5 Å². The summed E-state index contributed by atoms with van der Waals surface area (Å²) >= 11 is 0. The van der Waals surface area contributed by atoms with E-state index in [1.807, 2.05) is 0 Å². The molecule has 0 bridgehead atoms. The minimum absolute atomic E-state index is 0.0812. The normalized spacial score (nSPS) is 31.6. The summed E-state index contributed by atoms with van der Waals surface area (Å²) in [5.41, 5.74) is 5.73. The standard InChI is InChI=1S/C15H28N2O/c1-15(2)8-4-10-17(15)14(18)13-6-3-5-12(11-13)7-9-16/h12-13H,3-11,16H2,1-2H3. The molecule has 3 nitrogen and oxygen atoms in total. The molecule has 1 heterocycles. The van der Waals surface area contributed by atoms with Gasteiger partial charge in [0.2, 0.25) is 5.91 Å². The molecule has 3 heteroatoms. The van der Waals surface area contributed by atoms with E-state index in [9.17, 15) is 4.79 Å². The molecular weight excluding hydrogens is 224 g/mol. The largest absolute Gasteiger partial charge is 0.337 e. The van der Waals surface area contributed by atoms with Crippen molar-refractivity contribution in [2.75, 3.05) is 13.1 Å². The van der Waals surface area contributed by atoms with Crippen LogP contribution in [0.3, 0.4) is 0 Å². The van der Waals surface area contributed by atoms with Gasteiger partial charge in [-0.15, -0.1) is 0 Å². The molecule has 1 amide bonds. The molecule has 2 fully saturated rings. The van der Waals surface area contributed by atoms with Gasteiger partial charge in [0.05, 0.1) is 0 Å². The van der Waals surface area contributed by atoms with E-state index in [1.54, 1.807) is 0 Å².